The van der Waals surface area contributed by atoms with Gasteiger partial charge in [0.05, 0.1) is 19.3 Å². The van der Waals surface area contributed by atoms with Crippen molar-refractivity contribution in [1.82, 2.24) is 0 Å². The van der Waals surface area contributed by atoms with Crippen molar-refractivity contribution in [3.63, 3.8) is 0 Å². The Morgan fingerprint density at radius 2 is 2.25 bits per heavy atom. The molecule has 16 heavy (non-hydrogen) atoms. The monoisotopic (exact) mass is 220 g/mol. The molecule has 1 aromatic rings. The van der Waals surface area contributed by atoms with E-state index in [9.17, 15) is 9.90 Å². The van der Waals surface area contributed by atoms with E-state index in [2.05, 4.69) is 16.6 Å². The molecule has 0 atom stereocenters. The second-order valence-electron chi connectivity index (χ2n) is 2.86. The van der Waals surface area contributed by atoms with Gasteiger partial charge in [0.15, 0.2) is 0 Å². The third kappa shape index (κ3) is 3.21. The van der Waals surface area contributed by atoms with Crippen LogP contribution in [0.4, 0.5) is 0 Å². The molecule has 0 bridgehead atoms. The lowest BCUT2D eigenvalue weighted by molar-refractivity contribution is -0.136. The third-order valence-corrected chi connectivity index (χ3v) is 1.76. The smallest absolute Gasteiger partial charge is 0.384 e. The second kappa shape index (κ2) is 5.66. The van der Waals surface area contributed by atoms with Crippen molar-refractivity contribution in [1.29, 1.82) is 0 Å². The summed E-state index contributed by atoms with van der Waals surface area (Å²) in [4.78, 5) is 11.0. The molecule has 0 fully saturated rings. The highest BCUT2D eigenvalue weighted by Crippen LogP contribution is 2.22. The van der Waals surface area contributed by atoms with Crippen LogP contribution in [-0.2, 0) is 9.53 Å². The van der Waals surface area contributed by atoms with Crippen molar-refractivity contribution in [3.8, 4) is 23.3 Å². The summed E-state index contributed by atoms with van der Waals surface area (Å²) in [7, 11) is 1.46. The maximum absolute atomic E-state index is 11.0. The fraction of sp³-hybridized carbons (Fsp3) is 0.250. The zero-order valence-corrected chi connectivity index (χ0v) is 9.11. The number of rotatable bonds is 2. The van der Waals surface area contributed by atoms with Gasteiger partial charge in [0, 0.05) is 12.0 Å². The number of esters is 1. The highest BCUT2D eigenvalue weighted by atomic mass is 16.5. The first-order chi connectivity index (χ1) is 7.67. The molecule has 1 rings (SSSR count). The van der Waals surface area contributed by atoms with Crippen molar-refractivity contribution < 1.29 is 19.4 Å². The minimum absolute atomic E-state index is 0.0820. The first-order valence-electron chi connectivity index (χ1n) is 4.73. The first kappa shape index (κ1) is 11.9. The molecule has 1 aromatic carbocycles. The number of aromatic hydroxyl groups is 1. The third-order valence-electron chi connectivity index (χ3n) is 1.76. The van der Waals surface area contributed by atoms with Crippen LogP contribution < -0.4 is 4.74 Å². The molecule has 0 saturated heterocycles. The van der Waals surface area contributed by atoms with Gasteiger partial charge < -0.3 is 14.6 Å². The van der Waals surface area contributed by atoms with Gasteiger partial charge in [-0.25, -0.2) is 4.79 Å². The molecule has 0 aliphatic heterocycles. The van der Waals surface area contributed by atoms with Crippen LogP contribution in [0.3, 0.4) is 0 Å². The normalized spacial score (nSPS) is 8.88. The molecule has 1 N–H and O–H groups in total. The van der Waals surface area contributed by atoms with E-state index in [-0.39, 0.29) is 5.75 Å². The largest absolute Gasteiger partial charge is 0.508 e. The molecule has 0 aliphatic rings. The number of ether oxygens (including phenoxy) is 2. The minimum Gasteiger partial charge on any atom is -0.508 e. The zero-order chi connectivity index (χ0) is 12.0. The lowest BCUT2D eigenvalue weighted by Crippen LogP contribution is -1.99. The van der Waals surface area contributed by atoms with Crippen LogP contribution in [0.15, 0.2) is 18.2 Å². The van der Waals surface area contributed by atoms with Gasteiger partial charge in [-0.15, -0.1) is 0 Å². The van der Waals surface area contributed by atoms with E-state index in [1.54, 1.807) is 13.0 Å². The van der Waals surface area contributed by atoms with Gasteiger partial charge in [-0.2, -0.15) is 0 Å². The van der Waals surface area contributed by atoms with Gasteiger partial charge in [-0.1, -0.05) is 5.92 Å². The Balaban J connectivity index is 2.92. The van der Waals surface area contributed by atoms with Crippen LogP contribution in [0, 0.1) is 11.8 Å². The summed E-state index contributed by atoms with van der Waals surface area (Å²) in [6.07, 6.45) is 0. The Bertz CT molecular complexity index is 440. The molecular formula is C12H12O4. The van der Waals surface area contributed by atoms with E-state index in [0.29, 0.717) is 17.9 Å². The summed E-state index contributed by atoms with van der Waals surface area (Å²) in [6.45, 7) is 2.00. The van der Waals surface area contributed by atoms with E-state index < -0.39 is 5.97 Å². The van der Waals surface area contributed by atoms with Crippen LogP contribution in [0.1, 0.15) is 12.5 Å². The number of carbonyl (C=O) groups is 1. The van der Waals surface area contributed by atoms with Crippen molar-refractivity contribution in [2.45, 2.75) is 6.92 Å². The Kier molecular flexibility index (Phi) is 4.22. The molecule has 0 amide bonds. The van der Waals surface area contributed by atoms with Gasteiger partial charge in [-0.05, 0) is 19.1 Å². The van der Waals surface area contributed by atoms with Crippen molar-refractivity contribution in [2.75, 3.05) is 13.7 Å². The number of hydrogen-bond donors (Lipinski definition) is 1. The van der Waals surface area contributed by atoms with Crippen LogP contribution in [0.25, 0.3) is 0 Å². The number of benzene rings is 1. The molecule has 4 nitrogen and oxygen atoms in total. The fourth-order valence-corrected chi connectivity index (χ4v) is 1.07. The number of hydrogen-bond acceptors (Lipinski definition) is 4. The first-order valence-corrected chi connectivity index (χ1v) is 4.73. The van der Waals surface area contributed by atoms with E-state index in [1.165, 1.54) is 19.2 Å². The van der Waals surface area contributed by atoms with Gasteiger partial charge in [0.25, 0.3) is 0 Å². The van der Waals surface area contributed by atoms with Crippen LogP contribution in [-0.4, -0.2) is 24.8 Å². The molecular weight excluding hydrogens is 208 g/mol. The predicted octanol–water partition coefficient (Wildman–Crippen LogP) is 1.32. The highest BCUT2D eigenvalue weighted by Gasteiger charge is 2.01. The van der Waals surface area contributed by atoms with E-state index in [0.717, 1.165) is 0 Å². The molecule has 4 heteroatoms. The topological polar surface area (TPSA) is 55.8 Å². The molecule has 0 saturated carbocycles. The summed E-state index contributed by atoms with van der Waals surface area (Å²) in [5.41, 5.74) is 0.522. The summed E-state index contributed by atoms with van der Waals surface area (Å²) in [5, 5.41) is 9.21. The maximum Gasteiger partial charge on any atom is 0.384 e. The Morgan fingerprint density at radius 3 is 2.88 bits per heavy atom. The Hall–Kier alpha value is -2.15. The van der Waals surface area contributed by atoms with Crippen LogP contribution in [0.5, 0.6) is 11.5 Å². The molecule has 0 spiro atoms. The minimum atomic E-state index is -0.586. The number of methoxy groups -OCH3 is 1. The fourth-order valence-electron chi connectivity index (χ4n) is 1.07. The molecule has 0 aromatic heterocycles. The van der Waals surface area contributed by atoms with E-state index >= 15 is 0 Å². The summed E-state index contributed by atoms with van der Waals surface area (Å²) in [5.74, 6) is 4.85. The maximum atomic E-state index is 11.0. The number of phenols is 1. The molecule has 0 aliphatic carbocycles. The lowest BCUT2D eigenvalue weighted by Gasteiger charge is -2.02. The van der Waals surface area contributed by atoms with Gasteiger partial charge >= 0.3 is 5.97 Å². The SMILES string of the molecule is CCOC(=O)C#Cc1ccc(O)cc1OC. The van der Waals surface area contributed by atoms with Crippen molar-refractivity contribution in [2.24, 2.45) is 0 Å². The average Bonchev–Trinajstić information content (AvgIpc) is 2.27. The Morgan fingerprint density at radius 1 is 1.50 bits per heavy atom. The van der Waals surface area contributed by atoms with Crippen molar-refractivity contribution in [3.05, 3.63) is 23.8 Å². The molecule has 84 valence electrons. The molecule has 0 unspecified atom stereocenters. The van der Waals surface area contributed by atoms with E-state index in [1.807, 2.05) is 0 Å². The zero-order valence-electron chi connectivity index (χ0n) is 9.11. The van der Waals surface area contributed by atoms with Crippen LogP contribution >= 0.6 is 0 Å². The summed E-state index contributed by atoms with van der Waals surface area (Å²) >= 11 is 0. The van der Waals surface area contributed by atoms with Gasteiger partial charge in [0.1, 0.15) is 11.5 Å². The molecule has 0 heterocycles. The van der Waals surface area contributed by atoms with Gasteiger partial charge in [0.2, 0.25) is 0 Å². The van der Waals surface area contributed by atoms with Gasteiger partial charge in [-0.3, -0.25) is 0 Å². The summed E-state index contributed by atoms with van der Waals surface area (Å²) < 4.78 is 9.66. The lowest BCUT2D eigenvalue weighted by atomic mass is 10.2. The quantitative estimate of drug-likeness (QED) is 0.603. The second-order valence-corrected chi connectivity index (χ2v) is 2.86. The summed E-state index contributed by atoms with van der Waals surface area (Å²) in [6, 6.07) is 4.47. The Labute approximate surface area is 93.8 Å². The highest BCUT2D eigenvalue weighted by molar-refractivity contribution is 5.89. The number of carbonyl (C=O) groups excluding carboxylic acids is 1. The predicted molar refractivity (Wildman–Crippen MR) is 58.2 cm³/mol. The van der Waals surface area contributed by atoms with Crippen molar-refractivity contribution >= 4 is 5.97 Å². The van der Waals surface area contributed by atoms with Crippen LogP contribution in [0.2, 0.25) is 0 Å². The molecule has 0 radical (unpaired) electrons. The standard InChI is InChI=1S/C12H12O4/c1-3-16-12(14)7-5-9-4-6-10(13)8-11(9)15-2/h4,6,8,13H,3H2,1-2H3. The average molecular weight is 220 g/mol. The number of phenolic OH excluding ortho intramolecular Hbond substituents is 1. The van der Waals surface area contributed by atoms with E-state index in [4.69, 9.17) is 4.74 Å².